The minimum Gasteiger partial charge on any atom is -0.327 e. The van der Waals surface area contributed by atoms with Crippen molar-refractivity contribution in [3.8, 4) is 0 Å². The number of rotatable bonds is 5. The van der Waals surface area contributed by atoms with Gasteiger partial charge in [-0.3, -0.25) is 9.62 Å². The first-order chi connectivity index (χ1) is 12.3. The summed E-state index contributed by atoms with van der Waals surface area (Å²) in [6.45, 7) is 3.39. The number of anilines is 2. The summed E-state index contributed by atoms with van der Waals surface area (Å²) in [5.41, 5.74) is 3.08. The molecule has 0 radical (unpaired) electrons. The number of carbonyl (C=O) groups excluding carboxylic acids is 1. The van der Waals surface area contributed by atoms with Crippen LogP contribution in [-0.2, 0) is 15.8 Å². The number of benzene rings is 2. The SMILES string of the molecule is Cc1ccc(CS(=O)(=O)Nc2ccc(N3CCCN(C)C3=O)cc2)cc1. The highest BCUT2D eigenvalue weighted by atomic mass is 32.2. The van der Waals surface area contributed by atoms with E-state index >= 15 is 0 Å². The van der Waals surface area contributed by atoms with Crippen LogP contribution in [0.15, 0.2) is 48.5 Å². The molecule has 1 N–H and O–H groups in total. The molecule has 1 heterocycles. The van der Waals surface area contributed by atoms with Crippen molar-refractivity contribution in [2.24, 2.45) is 0 Å². The Hall–Kier alpha value is -2.54. The van der Waals surface area contributed by atoms with Crippen molar-refractivity contribution in [2.45, 2.75) is 19.1 Å². The van der Waals surface area contributed by atoms with E-state index in [1.165, 1.54) is 0 Å². The molecule has 138 valence electrons. The number of carbonyl (C=O) groups is 1. The van der Waals surface area contributed by atoms with Crippen molar-refractivity contribution >= 4 is 27.4 Å². The lowest BCUT2D eigenvalue weighted by Gasteiger charge is -2.33. The van der Waals surface area contributed by atoms with Crippen LogP contribution in [0, 0.1) is 6.92 Å². The lowest BCUT2D eigenvalue weighted by atomic mass is 10.2. The van der Waals surface area contributed by atoms with Crippen molar-refractivity contribution < 1.29 is 13.2 Å². The summed E-state index contributed by atoms with van der Waals surface area (Å²) in [5, 5.41) is 0. The van der Waals surface area contributed by atoms with Crippen LogP contribution < -0.4 is 9.62 Å². The lowest BCUT2D eigenvalue weighted by Crippen LogP contribution is -2.47. The molecule has 0 unspecified atom stereocenters. The molecule has 2 aromatic rings. The first-order valence-electron chi connectivity index (χ1n) is 8.53. The number of aryl methyl sites for hydroxylation is 1. The molecule has 2 aromatic carbocycles. The Morgan fingerprint density at radius 3 is 2.31 bits per heavy atom. The van der Waals surface area contributed by atoms with E-state index in [-0.39, 0.29) is 11.8 Å². The van der Waals surface area contributed by atoms with Crippen molar-refractivity contribution in [3.63, 3.8) is 0 Å². The number of sulfonamides is 1. The molecule has 3 rings (SSSR count). The third kappa shape index (κ3) is 4.35. The van der Waals surface area contributed by atoms with Gasteiger partial charge in [0.15, 0.2) is 0 Å². The number of hydrogen-bond donors (Lipinski definition) is 1. The quantitative estimate of drug-likeness (QED) is 0.875. The topological polar surface area (TPSA) is 69.7 Å². The summed E-state index contributed by atoms with van der Waals surface area (Å²) in [4.78, 5) is 15.6. The van der Waals surface area contributed by atoms with Crippen molar-refractivity contribution in [1.29, 1.82) is 0 Å². The molecule has 0 atom stereocenters. The van der Waals surface area contributed by atoms with Gasteiger partial charge in [-0.1, -0.05) is 29.8 Å². The van der Waals surface area contributed by atoms with Crippen molar-refractivity contribution in [3.05, 3.63) is 59.7 Å². The minimum atomic E-state index is -3.50. The monoisotopic (exact) mass is 373 g/mol. The maximum atomic E-state index is 12.4. The zero-order chi connectivity index (χ0) is 18.7. The van der Waals surface area contributed by atoms with Crippen LogP contribution in [0.3, 0.4) is 0 Å². The van der Waals surface area contributed by atoms with E-state index < -0.39 is 10.0 Å². The van der Waals surface area contributed by atoms with Gasteiger partial charge in [0, 0.05) is 31.5 Å². The van der Waals surface area contributed by atoms with E-state index in [0.29, 0.717) is 12.2 Å². The summed E-state index contributed by atoms with van der Waals surface area (Å²) >= 11 is 0. The third-order valence-corrected chi connectivity index (χ3v) is 5.62. The lowest BCUT2D eigenvalue weighted by molar-refractivity contribution is 0.207. The molecule has 1 fully saturated rings. The summed E-state index contributed by atoms with van der Waals surface area (Å²) in [7, 11) is -1.72. The van der Waals surface area contributed by atoms with Crippen LogP contribution in [0.5, 0.6) is 0 Å². The van der Waals surface area contributed by atoms with E-state index in [4.69, 9.17) is 0 Å². The maximum Gasteiger partial charge on any atom is 0.324 e. The Balaban J connectivity index is 1.68. The van der Waals surface area contributed by atoms with Gasteiger partial charge >= 0.3 is 6.03 Å². The smallest absolute Gasteiger partial charge is 0.324 e. The summed E-state index contributed by atoms with van der Waals surface area (Å²) in [6.07, 6.45) is 0.910. The molecular formula is C19H23N3O3S. The third-order valence-electron chi connectivity index (χ3n) is 4.36. The van der Waals surface area contributed by atoms with Gasteiger partial charge in [0.1, 0.15) is 0 Å². The predicted molar refractivity (Wildman–Crippen MR) is 104 cm³/mol. The number of amides is 2. The number of nitrogens with zero attached hydrogens (tertiary/aromatic N) is 2. The standard InChI is InChI=1S/C19H23N3O3S/c1-15-4-6-16(7-5-15)14-26(24,25)20-17-8-10-18(11-9-17)22-13-3-12-21(2)19(22)23/h4-11,20H,3,12-14H2,1-2H3. The Kier molecular flexibility index (Phi) is 5.18. The summed E-state index contributed by atoms with van der Waals surface area (Å²) < 4.78 is 27.3. The molecule has 0 spiro atoms. The second-order valence-electron chi connectivity index (χ2n) is 6.60. The molecule has 0 bridgehead atoms. The van der Waals surface area contributed by atoms with Crippen LogP contribution in [0.25, 0.3) is 0 Å². The molecule has 6 nitrogen and oxygen atoms in total. The molecule has 2 amide bonds. The predicted octanol–water partition coefficient (Wildman–Crippen LogP) is 3.20. The molecule has 0 aliphatic carbocycles. The second-order valence-corrected chi connectivity index (χ2v) is 8.33. The van der Waals surface area contributed by atoms with Crippen LogP contribution >= 0.6 is 0 Å². The fourth-order valence-electron chi connectivity index (χ4n) is 2.93. The zero-order valence-electron chi connectivity index (χ0n) is 15.0. The van der Waals surface area contributed by atoms with Gasteiger partial charge in [0.25, 0.3) is 0 Å². The van der Waals surface area contributed by atoms with Crippen molar-refractivity contribution in [1.82, 2.24) is 4.90 Å². The van der Waals surface area contributed by atoms with E-state index in [9.17, 15) is 13.2 Å². The molecular weight excluding hydrogens is 350 g/mol. The first kappa shape index (κ1) is 18.3. The number of urea groups is 1. The molecule has 1 aliphatic heterocycles. The normalized spacial score (nSPS) is 15.2. The number of nitrogens with one attached hydrogen (secondary N) is 1. The highest BCUT2D eigenvalue weighted by Crippen LogP contribution is 2.22. The molecule has 0 saturated carbocycles. The second kappa shape index (κ2) is 7.37. The Morgan fingerprint density at radius 2 is 1.65 bits per heavy atom. The van der Waals surface area contributed by atoms with Gasteiger partial charge in [-0.25, -0.2) is 13.2 Å². The van der Waals surface area contributed by atoms with Gasteiger partial charge < -0.3 is 4.90 Å². The molecule has 0 aromatic heterocycles. The summed E-state index contributed by atoms with van der Waals surface area (Å²) in [5.74, 6) is -0.0789. The average molecular weight is 373 g/mol. The van der Waals surface area contributed by atoms with E-state index in [1.54, 1.807) is 41.1 Å². The van der Waals surface area contributed by atoms with Gasteiger partial charge in [-0.2, -0.15) is 0 Å². The highest BCUT2D eigenvalue weighted by molar-refractivity contribution is 7.91. The number of hydrogen-bond acceptors (Lipinski definition) is 3. The maximum absolute atomic E-state index is 12.4. The van der Waals surface area contributed by atoms with E-state index in [2.05, 4.69) is 4.72 Å². The Bertz CT molecular complexity index is 877. The first-order valence-corrected chi connectivity index (χ1v) is 10.2. The Labute approximate surface area is 154 Å². The molecule has 1 saturated heterocycles. The largest absolute Gasteiger partial charge is 0.327 e. The fourth-order valence-corrected chi connectivity index (χ4v) is 4.13. The zero-order valence-corrected chi connectivity index (χ0v) is 15.8. The fraction of sp³-hybridized carbons (Fsp3) is 0.316. The highest BCUT2D eigenvalue weighted by Gasteiger charge is 2.23. The van der Waals surface area contributed by atoms with Gasteiger partial charge in [-0.15, -0.1) is 0 Å². The van der Waals surface area contributed by atoms with Crippen LogP contribution in [0.4, 0.5) is 16.2 Å². The molecule has 26 heavy (non-hydrogen) atoms. The van der Waals surface area contributed by atoms with Crippen LogP contribution in [-0.4, -0.2) is 39.5 Å². The summed E-state index contributed by atoms with van der Waals surface area (Å²) in [6, 6.07) is 14.3. The van der Waals surface area contributed by atoms with Gasteiger partial charge in [-0.05, 0) is 43.2 Å². The van der Waals surface area contributed by atoms with E-state index in [0.717, 1.165) is 29.8 Å². The molecule has 1 aliphatic rings. The minimum absolute atomic E-state index is 0.0380. The van der Waals surface area contributed by atoms with Gasteiger partial charge in [0.2, 0.25) is 10.0 Å². The van der Waals surface area contributed by atoms with Crippen LogP contribution in [0.1, 0.15) is 17.5 Å². The van der Waals surface area contributed by atoms with E-state index in [1.807, 2.05) is 31.2 Å². The molecule has 7 heteroatoms. The van der Waals surface area contributed by atoms with Crippen molar-refractivity contribution in [2.75, 3.05) is 29.8 Å². The van der Waals surface area contributed by atoms with Crippen LogP contribution in [0.2, 0.25) is 0 Å². The average Bonchev–Trinajstić information content (AvgIpc) is 2.60. The Morgan fingerprint density at radius 1 is 1.00 bits per heavy atom. The van der Waals surface area contributed by atoms with Gasteiger partial charge in [0.05, 0.1) is 5.75 Å².